The van der Waals surface area contributed by atoms with E-state index in [9.17, 15) is 0 Å². The summed E-state index contributed by atoms with van der Waals surface area (Å²) < 4.78 is 0. The molecule has 0 unspecified atom stereocenters. The highest BCUT2D eigenvalue weighted by Gasteiger charge is 2.16. The smallest absolute Gasteiger partial charge is 0.0558 e. The molecule has 0 amide bonds. The van der Waals surface area contributed by atoms with Crippen LogP contribution in [0.4, 0.5) is 0 Å². The first-order chi connectivity index (χ1) is 8.80. The summed E-state index contributed by atoms with van der Waals surface area (Å²) in [5, 5.41) is 26.7. The highest BCUT2D eigenvalue weighted by molar-refractivity contribution is 4.72. The summed E-state index contributed by atoms with van der Waals surface area (Å²) >= 11 is 0. The van der Waals surface area contributed by atoms with Crippen LogP contribution in [0.3, 0.4) is 0 Å². The van der Waals surface area contributed by atoms with Crippen LogP contribution in [-0.4, -0.2) is 109 Å². The van der Waals surface area contributed by atoms with E-state index in [0.717, 1.165) is 45.8 Å². The monoisotopic (exact) mass is 261 g/mol. The molecule has 3 N–H and O–H groups in total. The van der Waals surface area contributed by atoms with Crippen LogP contribution >= 0.6 is 0 Å². The van der Waals surface area contributed by atoms with E-state index in [2.05, 4.69) is 14.7 Å². The van der Waals surface area contributed by atoms with Crippen LogP contribution in [0.2, 0.25) is 0 Å². The van der Waals surface area contributed by atoms with Crippen LogP contribution in [0.25, 0.3) is 0 Å². The molecule has 6 heteroatoms. The van der Waals surface area contributed by atoms with Gasteiger partial charge in [-0.25, -0.2) is 0 Å². The average Bonchev–Trinajstić information content (AvgIpc) is 2.38. The van der Waals surface area contributed by atoms with Crippen molar-refractivity contribution >= 4 is 0 Å². The SMILES string of the molecule is OCCN(CCO)CCN1CCN(CCO)CC1. The van der Waals surface area contributed by atoms with Gasteiger partial charge >= 0.3 is 0 Å². The van der Waals surface area contributed by atoms with Crippen molar-refractivity contribution in [1.29, 1.82) is 0 Å². The molecular formula is C12H27N3O3. The molecule has 0 saturated carbocycles. The van der Waals surface area contributed by atoms with Gasteiger partial charge < -0.3 is 15.3 Å². The summed E-state index contributed by atoms with van der Waals surface area (Å²) in [6, 6.07) is 0. The number of aliphatic hydroxyl groups excluding tert-OH is 3. The second-order valence-electron chi connectivity index (χ2n) is 4.70. The lowest BCUT2D eigenvalue weighted by Gasteiger charge is -2.35. The van der Waals surface area contributed by atoms with Gasteiger partial charge in [0, 0.05) is 58.9 Å². The van der Waals surface area contributed by atoms with E-state index in [1.807, 2.05) is 0 Å². The third-order valence-corrected chi connectivity index (χ3v) is 3.45. The van der Waals surface area contributed by atoms with Crippen molar-refractivity contribution in [2.75, 3.05) is 78.7 Å². The third kappa shape index (κ3) is 6.08. The van der Waals surface area contributed by atoms with Crippen LogP contribution in [0, 0.1) is 0 Å². The van der Waals surface area contributed by atoms with Crippen molar-refractivity contribution in [1.82, 2.24) is 14.7 Å². The molecule has 1 aliphatic heterocycles. The molecule has 0 aliphatic carbocycles. The van der Waals surface area contributed by atoms with Crippen LogP contribution in [0.15, 0.2) is 0 Å². The Labute approximate surface area is 109 Å². The Bertz CT molecular complexity index is 193. The number of nitrogens with zero attached hydrogens (tertiary/aromatic N) is 3. The molecule has 0 aromatic rings. The Morgan fingerprint density at radius 2 is 1.17 bits per heavy atom. The summed E-state index contributed by atoms with van der Waals surface area (Å²) in [6.45, 7) is 8.52. The Balaban J connectivity index is 2.15. The zero-order valence-electron chi connectivity index (χ0n) is 11.2. The molecule has 0 radical (unpaired) electrons. The van der Waals surface area contributed by atoms with E-state index in [0.29, 0.717) is 13.1 Å². The number of aliphatic hydroxyl groups is 3. The largest absolute Gasteiger partial charge is 0.395 e. The van der Waals surface area contributed by atoms with E-state index in [1.54, 1.807) is 0 Å². The first-order valence-electron chi connectivity index (χ1n) is 6.79. The molecule has 1 rings (SSSR count). The van der Waals surface area contributed by atoms with E-state index >= 15 is 0 Å². The second kappa shape index (κ2) is 9.66. The van der Waals surface area contributed by atoms with E-state index < -0.39 is 0 Å². The number of hydrogen-bond donors (Lipinski definition) is 3. The van der Waals surface area contributed by atoms with Gasteiger partial charge in [-0.05, 0) is 0 Å². The van der Waals surface area contributed by atoms with E-state index in [-0.39, 0.29) is 19.8 Å². The minimum Gasteiger partial charge on any atom is -0.395 e. The molecule has 18 heavy (non-hydrogen) atoms. The molecular weight excluding hydrogens is 234 g/mol. The van der Waals surface area contributed by atoms with Gasteiger partial charge in [0.25, 0.3) is 0 Å². The van der Waals surface area contributed by atoms with Crippen molar-refractivity contribution in [2.45, 2.75) is 0 Å². The van der Waals surface area contributed by atoms with Gasteiger partial charge in [-0.1, -0.05) is 0 Å². The minimum atomic E-state index is 0.143. The lowest BCUT2D eigenvalue weighted by molar-refractivity contribution is 0.0950. The normalized spacial score (nSPS) is 18.7. The predicted molar refractivity (Wildman–Crippen MR) is 70.6 cm³/mol. The van der Waals surface area contributed by atoms with Gasteiger partial charge in [0.1, 0.15) is 0 Å². The molecule has 1 fully saturated rings. The lowest BCUT2D eigenvalue weighted by atomic mass is 10.3. The zero-order chi connectivity index (χ0) is 13.2. The Kier molecular flexibility index (Phi) is 8.49. The highest BCUT2D eigenvalue weighted by Crippen LogP contribution is 2.01. The first kappa shape index (κ1) is 15.8. The predicted octanol–water partition coefficient (Wildman–Crippen LogP) is -2.12. The van der Waals surface area contributed by atoms with Crippen LogP contribution < -0.4 is 0 Å². The lowest BCUT2D eigenvalue weighted by Crippen LogP contribution is -2.49. The van der Waals surface area contributed by atoms with Crippen molar-refractivity contribution < 1.29 is 15.3 Å². The fourth-order valence-corrected chi connectivity index (χ4v) is 2.28. The Morgan fingerprint density at radius 3 is 1.61 bits per heavy atom. The van der Waals surface area contributed by atoms with Gasteiger partial charge in [-0.15, -0.1) is 0 Å². The molecule has 1 heterocycles. The van der Waals surface area contributed by atoms with Crippen molar-refractivity contribution in [3.8, 4) is 0 Å². The van der Waals surface area contributed by atoms with E-state index in [4.69, 9.17) is 15.3 Å². The fourth-order valence-electron chi connectivity index (χ4n) is 2.28. The molecule has 0 spiro atoms. The summed E-state index contributed by atoms with van der Waals surface area (Å²) in [6.07, 6.45) is 0. The fraction of sp³-hybridized carbons (Fsp3) is 1.00. The van der Waals surface area contributed by atoms with Crippen LogP contribution in [-0.2, 0) is 0 Å². The maximum Gasteiger partial charge on any atom is 0.0558 e. The quantitative estimate of drug-likeness (QED) is 0.441. The van der Waals surface area contributed by atoms with Gasteiger partial charge in [0.2, 0.25) is 0 Å². The summed E-state index contributed by atoms with van der Waals surface area (Å²) in [7, 11) is 0. The van der Waals surface area contributed by atoms with E-state index in [1.165, 1.54) is 0 Å². The zero-order valence-corrected chi connectivity index (χ0v) is 11.2. The number of rotatable bonds is 9. The number of piperazine rings is 1. The molecule has 0 bridgehead atoms. The Hall–Kier alpha value is -0.240. The van der Waals surface area contributed by atoms with Crippen molar-refractivity contribution in [3.05, 3.63) is 0 Å². The molecule has 1 saturated heterocycles. The molecule has 108 valence electrons. The maximum absolute atomic E-state index is 8.93. The average molecular weight is 261 g/mol. The second-order valence-corrected chi connectivity index (χ2v) is 4.70. The molecule has 0 aromatic carbocycles. The summed E-state index contributed by atoms with van der Waals surface area (Å²) in [5.41, 5.74) is 0. The maximum atomic E-state index is 8.93. The number of β-amino-alcohol motifs (C(OH)–C–C–N with tert-alkyl or cyclic N) is 1. The van der Waals surface area contributed by atoms with Gasteiger partial charge in [-0.2, -0.15) is 0 Å². The summed E-state index contributed by atoms with van der Waals surface area (Å²) in [5.74, 6) is 0. The molecule has 6 nitrogen and oxygen atoms in total. The van der Waals surface area contributed by atoms with Crippen LogP contribution in [0.1, 0.15) is 0 Å². The topological polar surface area (TPSA) is 70.4 Å². The first-order valence-corrected chi connectivity index (χ1v) is 6.79. The number of hydrogen-bond acceptors (Lipinski definition) is 6. The van der Waals surface area contributed by atoms with Gasteiger partial charge in [-0.3, -0.25) is 14.7 Å². The third-order valence-electron chi connectivity index (χ3n) is 3.45. The van der Waals surface area contributed by atoms with Gasteiger partial charge in [0.05, 0.1) is 19.8 Å². The standard InChI is InChI=1S/C12H27N3O3/c16-10-7-14-4-1-13(2-5-14)3-6-15(8-11-17)9-12-18/h16-18H,1-12H2. The van der Waals surface area contributed by atoms with Crippen molar-refractivity contribution in [2.24, 2.45) is 0 Å². The Morgan fingerprint density at radius 1 is 0.667 bits per heavy atom. The molecule has 0 aromatic heterocycles. The minimum absolute atomic E-state index is 0.143. The summed E-state index contributed by atoms with van der Waals surface area (Å²) in [4.78, 5) is 6.76. The highest BCUT2D eigenvalue weighted by atomic mass is 16.3. The molecule has 0 atom stereocenters. The van der Waals surface area contributed by atoms with Gasteiger partial charge in [0.15, 0.2) is 0 Å². The van der Waals surface area contributed by atoms with Crippen LogP contribution in [0.5, 0.6) is 0 Å². The molecule has 1 aliphatic rings. The van der Waals surface area contributed by atoms with Crippen molar-refractivity contribution in [3.63, 3.8) is 0 Å².